The predicted molar refractivity (Wildman–Crippen MR) is 67.4 cm³/mol. The van der Waals surface area contributed by atoms with Gasteiger partial charge in [-0.25, -0.2) is 4.39 Å². The van der Waals surface area contributed by atoms with E-state index >= 15 is 0 Å². The van der Waals surface area contributed by atoms with Crippen LogP contribution in [0, 0.1) is 5.92 Å². The Labute approximate surface area is 130 Å². The molecule has 2 aliphatic heterocycles. The molecule has 9 heteroatoms. The Morgan fingerprint density at radius 3 is 2.57 bits per heavy atom. The van der Waals surface area contributed by atoms with E-state index in [9.17, 15) is 22.4 Å². The molecule has 1 aliphatic carbocycles. The van der Waals surface area contributed by atoms with Gasteiger partial charge in [0.05, 0.1) is 25.2 Å². The van der Waals surface area contributed by atoms with Crippen LogP contribution in [-0.2, 0) is 23.7 Å². The number of alkyl halides is 4. The summed E-state index contributed by atoms with van der Waals surface area (Å²) in [5.74, 6) is -1.21. The highest BCUT2D eigenvalue weighted by molar-refractivity contribution is 5.89. The van der Waals surface area contributed by atoms with Crippen LogP contribution in [0.4, 0.5) is 17.6 Å². The van der Waals surface area contributed by atoms with Crippen LogP contribution in [0.1, 0.15) is 19.8 Å². The van der Waals surface area contributed by atoms with Crippen molar-refractivity contribution < 1.29 is 41.3 Å². The number of carbonyl (C=O) groups excluding carboxylic acids is 1. The second-order valence-corrected chi connectivity index (χ2v) is 6.43. The number of halogens is 4. The summed E-state index contributed by atoms with van der Waals surface area (Å²) >= 11 is 0. The van der Waals surface area contributed by atoms with Crippen molar-refractivity contribution >= 4 is 5.78 Å². The Morgan fingerprint density at radius 2 is 2.04 bits per heavy atom. The molecule has 5 nitrogen and oxygen atoms in total. The van der Waals surface area contributed by atoms with Crippen LogP contribution in [-0.4, -0.2) is 62.1 Å². The SMILES string of the molecule is CO[C@@H]1C(=O)[C@H](F)C[C@]2(CO2)[C@H]1[C@]1(C)O[C@@H]1CCOC(F)(F)F. The van der Waals surface area contributed by atoms with Gasteiger partial charge in [0.15, 0.2) is 12.0 Å². The number of ether oxygens (including phenoxy) is 4. The van der Waals surface area contributed by atoms with Gasteiger partial charge in [0, 0.05) is 20.0 Å². The third-order valence-corrected chi connectivity index (χ3v) is 4.99. The van der Waals surface area contributed by atoms with Crippen molar-refractivity contribution in [1.29, 1.82) is 0 Å². The lowest BCUT2D eigenvalue weighted by atomic mass is 9.68. The average molecular weight is 342 g/mol. The second-order valence-electron chi connectivity index (χ2n) is 6.43. The first-order chi connectivity index (χ1) is 10.6. The molecule has 3 rings (SSSR count). The molecule has 0 unspecified atom stereocenters. The van der Waals surface area contributed by atoms with E-state index in [1.807, 2.05) is 0 Å². The monoisotopic (exact) mass is 342 g/mol. The molecule has 132 valence electrons. The topological polar surface area (TPSA) is 60.6 Å². The zero-order valence-electron chi connectivity index (χ0n) is 12.7. The molecule has 0 aromatic heterocycles. The smallest absolute Gasteiger partial charge is 0.373 e. The van der Waals surface area contributed by atoms with Gasteiger partial charge in [-0.05, 0) is 6.92 Å². The molecule has 0 bridgehead atoms. The molecule has 0 N–H and O–H groups in total. The van der Waals surface area contributed by atoms with E-state index in [0.717, 1.165) is 0 Å². The minimum Gasteiger partial charge on any atom is -0.373 e. The van der Waals surface area contributed by atoms with E-state index in [4.69, 9.17) is 14.2 Å². The van der Waals surface area contributed by atoms with E-state index in [1.165, 1.54) is 7.11 Å². The lowest BCUT2D eigenvalue weighted by Gasteiger charge is -2.38. The van der Waals surface area contributed by atoms with Crippen molar-refractivity contribution in [3.05, 3.63) is 0 Å². The molecule has 2 heterocycles. The van der Waals surface area contributed by atoms with E-state index < -0.39 is 54.3 Å². The molecule has 0 amide bonds. The average Bonchev–Trinajstić information content (AvgIpc) is 3.32. The molecule has 0 aromatic rings. The maximum atomic E-state index is 13.9. The molecule has 1 spiro atoms. The predicted octanol–water partition coefficient (Wildman–Crippen LogP) is 1.78. The van der Waals surface area contributed by atoms with Gasteiger partial charge in [-0.1, -0.05) is 0 Å². The fourth-order valence-corrected chi connectivity index (χ4v) is 3.79. The molecule has 23 heavy (non-hydrogen) atoms. The van der Waals surface area contributed by atoms with Gasteiger partial charge in [-0.15, -0.1) is 13.2 Å². The van der Waals surface area contributed by atoms with Crippen molar-refractivity contribution in [2.75, 3.05) is 20.3 Å². The molecule has 1 saturated carbocycles. The van der Waals surface area contributed by atoms with Crippen LogP contribution < -0.4 is 0 Å². The molecule has 2 saturated heterocycles. The van der Waals surface area contributed by atoms with Crippen molar-refractivity contribution in [3.8, 4) is 0 Å². The number of hydrogen-bond acceptors (Lipinski definition) is 5. The van der Waals surface area contributed by atoms with Crippen LogP contribution in [0.5, 0.6) is 0 Å². The van der Waals surface area contributed by atoms with Gasteiger partial charge in [0.1, 0.15) is 17.3 Å². The molecule has 0 radical (unpaired) electrons. The highest BCUT2D eigenvalue weighted by Gasteiger charge is 2.73. The Balaban J connectivity index is 1.69. The normalized spacial score (nSPS) is 46.3. The lowest BCUT2D eigenvalue weighted by molar-refractivity contribution is -0.324. The van der Waals surface area contributed by atoms with Crippen molar-refractivity contribution in [2.24, 2.45) is 5.92 Å². The number of carbonyl (C=O) groups is 1. The first-order valence-electron chi connectivity index (χ1n) is 7.36. The maximum absolute atomic E-state index is 13.9. The standard InChI is InChI=1S/C14H18F4O5/c1-12(8(23-12)3-4-21-14(16,17)18)11-10(20-2)9(19)7(15)5-13(11)6-22-13/h7-8,10-11H,3-6H2,1-2H3/t7-,8-,10-,11-,12-,13+/m1/s1. The van der Waals surface area contributed by atoms with Crippen LogP contribution in [0.3, 0.4) is 0 Å². The van der Waals surface area contributed by atoms with Crippen molar-refractivity contribution in [2.45, 2.75) is 55.7 Å². The number of Topliss-reactive ketones (excluding diaryl/α,β-unsaturated/α-hetero) is 1. The van der Waals surface area contributed by atoms with Gasteiger partial charge in [-0.2, -0.15) is 0 Å². The molecular formula is C14H18F4O5. The number of epoxide rings is 2. The van der Waals surface area contributed by atoms with E-state index in [-0.39, 0.29) is 19.4 Å². The summed E-state index contributed by atoms with van der Waals surface area (Å²) in [6.07, 6.45) is -7.94. The molecule has 6 atom stereocenters. The Morgan fingerprint density at radius 1 is 1.39 bits per heavy atom. The summed E-state index contributed by atoms with van der Waals surface area (Å²) in [6, 6.07) is 0. The molecule has 0 aromatic carbocycles. The van der Waals surface area contributed by atoms with Gasteiger partial charge < -0.3 is 14.2 Å². The van der Waals surface area contributed by atoms with Crippen LogP contribution >= 0.6 is 0 Å². The molecule has 3 fully saturated rings. The number of methoxy groups -OCH3 is 1. The van der Waals surface area contributed by atoms with Gasteiger partial charge in [-0.3, -0.25) is 9.53 Å². The zero-order chi connectivity index (χ0) is 17.0. The van der Waals surface area contributed by atoms with Crippen LogP contribution in [0.2, 0.25) is 0 Å². The number of ketones is 1. The third kappa shape index (κ3) is 2.99. The lowest BCUT2D eigenvalue weighted by Crippen LogP contribution is -2.56. The minimum atomic E-state index is -4.69. The minimum absolute atomic E-state index is 0.0201. The van der Waals surface area contributed by atoms with E-state index in [1.54, 1.807) is 6.92 Å². The van der Waals surface area contributed by atoms with E-state index in [0.29, 0.717) is 0 Å². The van der Waals surface area contributed by atoms with E-state index in [2.05, 4.69) is 4.74 Å². The summed E-state index contributed by atoms with van der Waals surface area (Å²) in [4.78, 5) is 12.0. The summed E-state index contributed by atoms with van der Waals surface area (Å²) in [5, 5.41) is 0. The maximum Gasteiger partial charge on any atom is 0.522 e. The quantitative estimate of drug-likeness (QED) is 0.563. The summed E-state index contributed by atoms with van der Waals surface area (Å²) < 4.78 is 69.9. The third-order valence-electron chi connectivity index (χ3n) is 4.99. The number of hydrogen-bond donors (Lipinski definition) is 0. The number of rotatable bonds is 5. The molecule has 3 aliphatic rings. The Kier molecular flexibility index (Phi) is 3.98. The molecular weight excluding hydrogens is 324 g/mol. The van der Waals surface area contributed by atoms with Crippen molar-refractivity contribution in [3.63, 3.8) is 0 Å². The summed E-state index contributed by atoms with van der Waals surface area (Å²) in [5.41, 5.74) is -1.72. The first kappa shape index (κ1) is 17.1. The summed E-state index contributed by atoms with van der Waals surface area (Å²) in [6.45, 7) is 1.44. The fourth-order valence-electron chi connectivity index (χ4n) is 3.79. The Hall–Kier alpha value is -0.770. The largest absolute Gasteiger partial charge is 0.522 e. The van der Waals surface area contributed by atoms with Crippen LogP contribution in [0.15, 0.2) is 0 Å². The highest BCUT2D eigenvalue weighted by Crippen LogP contribution is 2.58. The highest BCUT2D eigenvalue weighted by atomic mass is 19.4. The zero-order valence-corrected chi connectivity index (χ0v) is 12.7. The Bertz CT molecular complexity index is 492. The summed E-state index contributed by atoms with van der Waals surface area (Å²) in [7, 11) is 1.30. The van der Waals surface area contributed by atoms with Gasteiger partial charge >= 0.3 is 6.36 Å². The fraction of sp³-hybridized carbons (Fsp3) is 0.929. The van der Waals surface area contributed by atoms with Gasteiger partial charge in [0.2, 0.25) is 0 Å². The first-order valence-corrected chi connectivity index (χ1v) is 7.36. The van der Waals surface area contributed by atoms with Crippen molar-refractivity contribution in [1.82, 2.24) is 0 Å². The van der Waals surface area contributed by atoms with Crippen LogP contribution in [0.25, 0.3) is 0 Å². The second kappa shape index (κ2) is 5.37. The van der Waals surface area contributed by atoms with Gasteiger partial charge in [0.25, 0.3) is 0 Å².